The van der Waals surface area contributed by atoms with Crippen LogP contribution in [0.5, 0.6) is 0 Å². The molecule has 80 valence electrons. The molecule has 0 spiro atoms. The topological polar surface area (TPSA) is 43.4 Å². The minimum Gasteiger partial charge on any atom is -0.462 e. The van der Waals surface area contributed by atoms with E-state index in [9.17, 15) is 9.59 Å². The van der Waals surface area contributed by atoms with Gasteiger partial charge in [-0.3, -0.25) is 4.79 Å². The highest BCUT2D eigenvalue weighted by atomic mass is 79.9. The predicted octanol–water partition coefficient (Wildman–Crippen LogP) is 3.20. The van der Waals surface area contributed by atoms with E-state index >= 15 is 0 Å². The molecule has 1 aromatic rings. The molecule has 0 aliphatic rings. The summed E-state index contributed by atoms with van der Waals surface area (Å²) in [6.07, 6.45) is 0.678. The number of aldehydes is 1. The number of carbonyl (C=O) groups excluding carboxylic acids is 2. The molecule has 0 unspecified atom stereocenters. The van der Waals surface area contributed by atoms with Crippen LogP contribution in [0, 0.1) is 0 Å². The number of hydrogen-bond donors (Lipinski definition) is 0. The van der Waals surface area contributed by atoms with Crippen molar-refractivity contribution in [2.45, 2.75) is 6.92 Å². The number of benzene rings is 1. The van der Waals surface area contributed by atoms with Crippen LogP contribution in [0.3, 0.4) is 0 Å². The first-order valence-electron chi connectivity index (χ1n) is 4.21. The first kappa shape index (κ1) is 12.4. The summed E-state index contributed by atoms with van der Waals surface area (Å²) in [5.74, 6) is -0.450. The lowest BCUT2D eigenvalue weighted by Crippen LogP contribution is -2.06. The van der Waals surface area contributed by atoms with Crippen LogP contribution < -0.4 is 0 Å². The standard InChI is InChI=1S/C10H8Br2O3/c1-2-15-10(14)8-4-7(11)3-6(5-13)9(8)12/h3-5H,2H2,1H3. The molecule has 0 saturated carbocycles. The zero-order valence-corrected chi connectivity index (χ0v) is 11.1. The molecule has 0 radical (unpaired) electrons. The second-order valence-electron chi connectivity index (χ2n) is 2.69. The van der Waals surface area contributed by atoms with Crippen molar-refractivity contribution < 1.29 is 14.3 Å². The summed E-state index contributed by atoms with van der Waals surface area (Å²) >= 11 is 6.41. The third-order valence-electron chi connectivity index (χ3n) is 1.69. The Morgan fingerprint density at radius 2 is 2.13 bits per heavy atom. The van der Waals surface area contributed by atoms with Gasteiger partial charge in [0.1, 0.15) is 0 Å². The van der Waals surface area contributed by atoms with E-state index in [1.807, 2.05) is 0 Å². The Morgan fingerprint density at radius 3 is 2.67 bits per heavy atom. The van der Waals surface area contributed by atoms with Crippen molar-refractivity contribution >= 4 is 44.1 Å². The summed E-state index contributed by atoms with van der Waals surface area (Å²) in [7, 11) is 0. The van der Waals surface area contributed by atoms with Gasteiger partial charge < -0.3 is 4.74 Å². The van der Waals surface area contributed by atoms with Crippen molar-refractivity contribution in [2.75, 3.05) is 6.61 Å². The molecule has 0 N–H and O–H groups in total. The Morgan fingerprint density at radius 1 is 1.47 bits per heavy atom. The third kappa shape index (κ3) is 2.89. The fourth-order valence-corrected chi connectivity index (χ4v) is 2.01. The highest BCUT2D eigenvalue weighted by molar-refractivity contribution is 9.11. The second kappa shape index (κ2) is 5.42. The van der Waals surface area contributed by atoms with Crippen molar-refractivity contribution in [2.24, 2.45) is 0 Å². The van der Waals surface area contributed by atoms with Crippen molar-refractivity contribution in [3.63, 3.8) is 0 Å². The molecule has 0 aliphatic carbocycles. The van der Waals surface area contributed by atoms with Gasteiger partial charge in [0.15, 0.2) is 6.29 Å². The zero-order valence-electron chi connectivity index (χ0n) is 7.92. The Kier molecular flexibility index (Phi) is 4.47. The highest BCUT2D eigenvalue weighted by Crippen LogP contribution is 2.26. The van der Waals surface area contributed by atoms with Crippen LogP contribution in [0.1, 0.15) is 27.6 Å². The van der Waals surface area contributed by atoms with E-state index < -0.39 is 5.97 Å². The number of hydrogen-bond acceptors (Lipinski definition) is 3. The van der Waals surface area contributed by atoms with E-state index in [4.69, 9.17) is 4.74 Å². The number of ether oxygens (including phenoxy) is 1. The van der Waals surface area contributed by atoms with Crippen LogP contribution in [-0.2, 0) is 4.74 Å². The zero-order chi connectivity index (χ0) is 11.4. The Balaban J connectivity index is 3.22. The van der Waals surface area contributed by atoms with E-state index in [1.54, 1.807) is 19.1 Å². The fraction of sp³-hybridized carbons (Fsp3) is 0.200. The largest absolute Gasteiger partial charge is 0.462 e. The smallest absolute Gasteiger partial charge is 0.339 e. The van der Waals surface area contributed by atoms with Crippen molar-refractivity contribution in [3.05, 3.63) is 32.2 Å². The molecule has 0 saturated heterocycles. The molecule has 5 heteroatoms. The van der Waals surface area contributed by atoms with Gasteiger partial charge in [-0.1, -0.05) is 15.9 Å². The van der Waals surface area contributed by atoms with Crippen LogP contribution >= 0.6 is 31.9 Å². The van der Waals surface area contributed by atoms with Gasteiger partial charge in [0.2, 0.25) is 0 Å². The lowest BCUT2D eigenvalue weighted by Gasteiger charge is -2.06. The molecule has 1 rings (SSSR count). The Hall–Kier alpha value is -0.680. The molecular formula is C10H8Br2O3. The molecule has 0 bridgehead atoms. The molecule has 0 amide bonds. The van der Waals surface area contributed by atoms with E-state index in [2.05, 4.69) is 31.9 Å². The van der Waals surface area contributed by atoms with Gasteiger partial charge >= 0.3 is 5.97 Å². The van der Waals surface area contributed by atoms with Gasteiger partial charge in [0.25, 0.3) is 0 Å². The lowest BCUT2D eigenvalue weighted by molar-refractivity contribution is 0.0525. The second-order valence-corrected chi connectivity index (χ2v) is 4.40. The summed E-state index contributed by atoms with van der Waals surface area (Å²) in [6, 6.07) is 3.23. The maximum absolute atomic E-state index is 11.5. The molecule has 3 nitrogen and oxygen atoms in total. The average Bonchev–Trinajstić information content (AvgIpc) is 2.21. The molecule has 0 fully saturated rings. The van der Waals surface area contributed by atoms with Crippen LogP contribution in [-0.4, -0.2) is 18.9 Å². The van der Waals surface area contributed by atoms with Gasteiger partial charge in [-0.15, -0.1) is 0 Å². The SMILES string of the molecule is CCOC(=O)c1cc(Br)cc(C=O)c1Br. The lowest BCUT2D eigenvalue weighted by atomic mass is 10.1. The first-order valence-corrected chi connectivity index (χ1v) is 5.80. The van der Waals surface area contributed by atoms with Gasteiger partial charge in [-0.2, -0.15) is 0 Å². The van der Waals surface area contributed by atoms with Gasteiger partial charge in [0, 0.05) is 14.5 Å². The summed E-state index contributed by atoms with van der Waals surface area (Å²) in [6.45, 7) is 2.03. The van der Waals surface area contributed by atoms with E-state index in [0.29, 0.717) is 33.0 Å². The number of halogens is 2. The number of esters is 1. The maximum Gasteiger partial charge on any atom is 0.339 e. The van der Waals surface area contributed by atoms with E-state index in [-0.39, 0.29) is 0 Å². The minimum absolute atomic E-state index is 0.300. The van der Waals surface area contributed by atoms with Crippen molar-refractivity contribution in [1.29, 1.82) is 0 Å². The van der Waals surface area contributed by atoms with Crippen LogP contribution in [0.2, 0.25) is 0 Å². The average molecular weight is 336 g/mol. The highest BCUT2D eigenvalue weighted by Gasteiger charge is 2.15. The molecule has 0 atom stereocenters. The normalized spacial score (nSPS) is 9.80. The van der Waals surface area contributed by atoms with Crippen molar-refractivity contribution in [3.8, 4) is 0 Å². The molecule has 15 heavy (non-hydrogen) atoms. The monoisotopic (exact) mass is 334 g/mol. The summed E-state index contributed by atoms with van der Waals surface area (Å²) < 4.78 is 5.98. The van der Waals surface area contributed by atoms with Crippen LogP contribution in [0.4, 0.5) is 0 Å². The van der Waals surface area contributed by atoms with E-state index in [0.717, 1.165) is 0 Å². The minimum atomic E-state index is -0.450. The van der Waals surface area contributed by atoms with Gasteiger partial charge in [-0.25, -0.2) is 4.79 Å². The van der Waals surface area contributed by atoms with Gasteiger partial charge in [-0.05, 0) is 35.0 Å². The van der Waals surface area contributed by atoms with Crippen LogP contribution in [0.25, 0.3) is 0 Å². The summed E-state index contributed by atoms with van der Waals surface area (Å²) in [5.41, 5.74) is 0.751. The molecular weight excluding hydrogens is 328 g/mol. The van der Waals surface area contributed by atoms with Gasteiger partial charge in [0.05, 0.1) is 12.2 Å². The first-order chi connectivity index (χ1) is 7.10. The maximum atomic E-state index is 11.5. The molecule has 0 aromatic heterocycles. The summed E-state index contributed by atoms with van der Waals surface area (Å²) in [5, 5.41) is 0. The summed E-state index contributed by atoms with van der Waals surface area (Å²) in [4.78, 5) is 22.2. The quantitative estimate of drug-likeness (QED) is 0.629. The third-order valence-corrected chi connectivity index (χ3v) is 3.03. The Bertz CT molecular complexity index is 402. The predicted molar refractivity (Wildman–Crippen MR) is 63.2 cm³/mol. The molecule has 0 aliphatic heterocycles. The van der Waals surface area contributed by atoms with E-state index in [1.165, 1.54) is 0 Å². The number of rotatable bonds is 3. The van der Waals surface area contributed by atoms with Crippen LogP contribution in [0.15, 0.2) is 21.1 Å². The molecule has 0 heterocycles. The van der Waals surface area contributed by atoms with Crippen molar-refractivity contribution in [1.82, 2.24) is 0 Å². The fourth-order valence-electron chi connectivity index (χ4n) is 1.05. The Labute approximate surface area is 104 Å². The molecule has 1 aromatic carbocycles. The number of carbonyl (C=O) groups is 2.